The Labute approximate surface area is 113 Å². The zero-order valence-electron chi connectivity index (χ0n) is 11.6. The van der Waals surface area contributed by atoms with E-state index in [0.717, 1.165) is 6.04 Å². The molecule has 102 valence electrons. The second-order valence-corrected chi connectivity index (χ2v) is 10.8. The fourth-order valence-electron chi connectivity index (χ4n) is 1.24. The van der Waals surface area contributed by atoms with E-state index in [9.17, 15) is 4.79 Å². The minimum absolute atomic E-state index is 0.00271. The molecule has 0 aliphatic heterocycles. The predicted molar refractivity (Wildman–Crippen MR) is 71.7 cm³/mol. The van der Waals surface area contributed by atoms with Gasteiger partial charge < -0.3 is 9.47 Å². The number of esters is 1. The lowest BCUT2D eigenvalue weighted by atomic mass is 10.3. The van der Waals surface area contributed by atoms with E-state index in [1.165, 1.54) is 13.2 Å². The van der Waals surface area contributed by atoms with Crippen LogP contribution < -0.4 is 4.74 Å². The average molecular weight is 279 g/mol. The van der Waals surface area contributed by atoms with Crippen LogP contribution >= 0.6 is 0 Å². The zero-order chi connectivity index (χ0) is 14.5. The Hall–Kier alpha value is -1.94. The van der Waals surface area contributed by atoms with E-state index in [-0.39, 0.29) is 17.1 Å². The van der Waals surface area contributed by atoms with Crippen LogP contribution in [0, 0.1) is 11.3 Å². The molecule has 0 aromatic carbocycles. The Bertz CT molecular complexity index is 506. The first-order valence-corrected chi connectivity index (χ1v) is 9.57. The van der Waals surface area contributed by atoms with Crippen LogP contribution in [-0.4, -0.2) is 38.0 Å². The first kappa shape index (κ1) is 15.1. The maximum Gasteiger partial charge on any atom is 0.362 e. The molecule has 1 aromatic rings. The van der Waals surface area contributed by atoms with Crippen molar-refractivity contribution in [2.45, 2.75) is 25.7 Å². The second-order valence-electron chi connectivity index (χ2n) is 5.20. The fourth-order valence-corrected chi connectivity index (χ4v) is 1.96. The van der Waals surface area contributed by atoms with Crippen molar-refractivity contribution in [1.29, 1.82) is 5.26 Å². The van der Waals surface area contributed by atoms with Crippen molar-refractivity contribution in [3.8, 4) is 11.8 Å². The van der Waals surface area contributed by atoms with Gasteiger partial charge in [-0.25, -0.2) is 4.79 Å². The average Bonchev–Trinajstić information content (AvgIpc) is 2.36. The molecule has 7 heteroatoms. The Kier molecular flexibility index (Phi) is 5.00. The van der Waals surface area contributed by atoms with Crippen molar-refractivity contribution in [1.82, 2.24) is 10.2 Å². The lowest BCUT2D eigenvalue weighted by Crippen LogP contribution is -2.23. The van der Waals surface area contributed by atoms with Crippen molar-refractivity contribution in [3.05, 3.63) is 17.5 Å². The number of hydrogen-bond donors (Lipinski definition) is 0. The van der Waals surface area contributed by atoms with Gasteiger partial charge in [0.2, 0.25) is 5.69 Å². The lowest BCUT2D eigenvalue weighted by Gasteiger charge is -2.15. The van der Waals surface area contributed by atoms with Gasteiger partial charge in [-0.1, -0.05) is 19.6 Å². The highest BCUT2D eigenvalue weighted by Gasteiger charge is 2.19. The minimum atomic E-state index is -1.25. The van der Waals surface area contributed by atoms with Crippen LogP contribution in [-0.2, 0) is 4.74 Å². The Morgan fingerprint density at radius 3 is 2.63 bits per heavy atom. The minimum Gasteiger partial charge on any atom is -0.494 e. The molecule has 0 aliphatic carbocycles. The lowest BCUT2D eigenvalue weighted by molar-refractivity contribution is 0.0513. The maximum absolute atomic E-state index is 11.8. The molecule has 0 atom stereocenters. The number of aromatic nitrogens is 2. The molecule has 19 heavy (non-hydrogen) atoms. The SMILES string of the molecule is COc1cc(C#N)nnc1C(=O)OCC[Si](C)(C)C. The van der Waals surface area contributed by atoms with E-state index in [1.54, 1.807) is 0 Å². The summed E-state index contributed by atoms with van der Waals surface area (Å²) in [6.45, 7) is 6.95. The molecule has 0 bridgehead atoms. The third-order valence-corrected chi connectivity index (χ3v) is 4.08. The van der Waals surface area contributed by atoms with Crippen LogP contribution in [0.5, 0.6) is 5.75 Å². The van der Waals surface area contributed by atoms with Crippen LogP contribution in [0.2, 0.25) is 25.7 Å². The Balaban J connectivity index is 2.75. The second kappa shape index (κ2) is 6.29. The number of hydrogen-bond acceptors (Lipinski definition) is 6. The maximum atomic E-state index is 11.8. The van der Waals surface area contributed by atoms with Gasteiger partial charge >= 0.3 is 5.97 Å². The summed E-state index contributed by atoms with van der Waals surface area (Å²) in [7, 11) is 0.151. The summed E-state index contributed by atoms with van der Waals surface area (Å²) in [6.07, 6.45) is 0. The Morgan fingerprint density at radius 2 is 2.11 bits per heavy atom. The van der Waals surface area contributed by atoms with E-state index in [4.69, 9.17) is 14.7 Å². The highest BCUT2D eigenvalue weighted by atomic mass is 28.3. The number of nitriles is 1. The highest BCUT2D eigenvalue weighted by molar-refractivity contribution is 6.76. The topological polar surface area (TPSA) is 85.1 Å². The van der Waals surface area contributed by atoms with Gasteiger partial charge in [0.15, 0.2) is 11.4 Å². The van der Waals surface area contributed by atoms with Gasteiger partial charge in [0, 0.05) is 14.1 Å². The van der Waals surface area contributed by atoms with E-state index < -0.39 is 14.0 Å². The van der Waals surface area contributed by atoms with Gasteiger partial charge in [0.25, 0.3) is 0 Å². The third kappa shape index (κ3) is 4.67. The fraction of sp³-hybridized carbons (Fsp3) is 0.500. The molecule has 0 spiro atoms. The van der Waals surface area contributed by atoms with Crippen molar-refractivity contribution < 1.29 is 14.3 Å². The van der Waals surface area contributed by atoms with Gasteiger partial charge in [-0.15, -0.1) is 10.2 Å². The number of rotatable bonds is 5. The van der Waals surface area contributed by atoms with Crippen LogP contribution in [0.25, 0.3) is 0 Å². The summed E-state index contributed by atoms with van der Waals surface area (Å²) in [5, 5.41) is 16.0. The number of nitrogens with zero attached hydrogens (tertiary/aromatic N) is 3. The summed E-state index contributed by atoms with van der Waals surface area (Å²) in [4.78, 5) is 11.8. The molecule has 0 unspecified atom stereocenters. The van der Waals surface area contributed by atoms with E-state index in [0.29, 0.717) is 6.61 Å². The molecule has 0 amide bonds. The van der Waals surface area contributed by atoms with E-state index >= 15 is 0 Å². The monoisotopic (exact) mass is 279 g/mol. The van der Waals surface area contributed by atoms with Gasteiger partial charge in [-0.05, 0) is 6.04 Å². The van der Waals surface area contributed by atoms with Crippen LogP contribution in [0.4, 0.5) is 0 Å². The third-order valence-electron chi connectivity index (χ3n) is 2.37. The molecule has 0 saturated carbocycles. The molecule has 0 radical (unpaired) electrons. The summed E-state index contributed by atoms with van der Waals surface area (Å²) in [5.74, 6) is -0.378. The molecule has 0 N–H and O–H groups in total. The van der Waals surface area contributed by atoms with Gasteiger partial charge in [-0.3, -0.25) is 0 Å². The summed E-state index contributed by atoms with van der Waals surface area (Å²) in [6, 6.07) is 4.07. The molecule has 6 nitrogen and oxygen atoms in total. The molecule has 1 rings (SSSR count). The van der Waals surface area contributed by atoms with Gasteiger partial charge in [0.05, 0.1) is 13.7 Å². The van der Waals surface area contributed by atoms with E-state index in [1.807, 2.05) is 6.07 Å². The quantitative estimate of drug-likeness (QED) is 0.604. The van der Waals surface area contributed by atoms with Gasteiger partial charge in [-0.2, -0.15) is 5.26 Å². The smallest absolute Gasteiger partial charge is 0.362 e. The first-order valence-electron chi connectivity index (χ1n) is 5.86. The summed E-state index contributed by atoms with van der Waals surface area (Å²) in [5.41, 5.74) is 0.0903. The number of ether oxygens (including phenoxy) is 2. The molecule has 0 fully saturated rings. The molecular formula is C12H17N3O3Si. The highest BCUT2D eigenvalue weighted by Crippen LogP contribution is 2.17. The first-order chi connectivity index (χ1) is 8.87. The Morgan fingerprint density at radius 1 is 1.42 bits per heavy atom. The number of carbonyl (C=O) groups excluding carboxylic acids is 1. The summed E-state index contributed by atoms with van der Waals surface area (Å²) >= 11 is 0. The van der Waals surface area contributed by atoms with Crippen molar-refractivity contribution in [2.75, 3.05) is 13.7 Å². The zero-order valence-corrected chi connectivity index (χ0v) is 12.6. The van der Waals surface area contributed by atoms with Crippen LogP contribution in [0.1, 0.15) is 16.2 Å². The van der Waals surface area contributed by atoms with Crippen molar-refractivity contribution in [3.63, 3.8) is 0 Å². The van der Waals surface area contributed by atoms with Crippen LogP contribution in [0.15, 0.2) is 6.07 Å². The molecule has 1 aromatic heterocycles. The largest absolute Gasteiger partial charge is 0.494 e. The summed E-state index contributed by atoms with van der Waals surface area (Å²) < 4.78 is 10.2. The number of methoxy groups -OCH3 is 1. The molecule has 0 aliphatic rings. The van der Waals surface area contributed by atoms with Gasteiger partial charge in [0.1, 0.15) is 6.07 Å². The van der Waals surface area contributed by atoms with E-state index in [2.05, 4.69) is 29.8 Å². The predicted octanol–water partition coefficient (Wildman–Crippen LogP) is 1.85. The molecule has 1 heterocycles. The molecule has 0 saturated heterocycles. The number of carbonyl (C=O) groups is 1. The van der Waals surface area contributed by atoms with Crippen LogP contribution in [0.3, 0.4) is 0 Å². The standard InChI is InChI=1S/C12H17N3O3Si/c1-17-10-7-9(8-13)14-15-11(10)12(16)18-5-6-19(2,3)4/h7H,5-6H2,1-4H3. The van der Waals surface area contributed by atoms with Crippen molar-refractivity contribution in [2.24, 2.45) is 0 Å². The normalized spacial score (nSPS) is 10.7. The molecular weight excluding hydrogens is 262 g/mol. The van der Waals surface area contributed by atoms with Crippen molar-refractivity contribution >= 4 is 14.0 Å².